The van der Waals surface area contributed by atoms with Crippen LogP contribution in [0.15, 0.2) is 0 Å². The molecule has 0 saturated carbocycles. The molecule has 2 heteroatoms. The Morgan fingerprint density at radius 2 is 2.00 bits per heavy atom. The van der Waals surface area contributed by atoms with Crippen molar-refractivity contribution in [3.63, 3.8) is 0 Å². The summed E-state index contributed by atoms with van der Waals surface area (Å²) in [4.78, 5) is 0. The zero-order valence-corrected chi connectivity index (χ0v) is 6.48. The molecule has 0 aliphatic rings. The van der Waals surface area contributed by atoms with E-state index in [-0.39, 0.29) is 22.4 Å². The average Bonchev–Trinajstić information content (AvgIpc) is 1.37. The van der Waals surface area contributed by atoms with E-state index in [1.165, 1.54) is 0 Å². The van der Waals surface area contributed by atoms with Gasteiger partial charge in [0.15, 0.2) is 0 Å². The normalized spacial score (nSPS) is 6.00. The molecule has 0 amide bonds. The maximum absolute atomic E-state index is 4.29. The molecule has 0 fully saturated rings. The predicted molar refractivity (Wildman–Crippen MR) is 17.0 cm³/mol. The van der Waals surface area contributed by atoms with Crippen molar-refractivity contribution in [2.75, 3.05) is 6.61 Å². The van der Waals surface area contributed by atoms with Gasteiger partial charge in [-0.05, 0) is 6.92 Å². The summed E-state index contributed by atoms with van der Waals surface area (Å²) in [6.45, 7) is 2.60. The van der Waals surface area contributed by atoms with Crippen molar-refractivity contribution < 1.29 is 27.1 Å². The Hall–Kier alpha value is 0.700. The number of ether oxygens (including phenoxy) is 1. The molecule has 31 valence electrons. The summed E-state index contributed by atoms with van der Waals surface area (Å²) in [7, 11) is 3.10. The second kappa shape index (κ2) is 8.83. The fourth-order valence-corrected chi connectivity index (χ4v) is 0. The molecule has 0 aliphatic heterocycles. The maximum Gasteiger partial charge on any atom is 0.00804 e. The number of hydrogen-bond donors (Lipinski definition) is 0. The summed E-state index contributed by atoms with van der Waals surface area (Å²) in [6.07, 6.45) is 0. The molecule has 0 aromatic heterocycles. The van der Waals surface area contributed by atoms with Gasteiger partial charge in [-0.15, -0.1) is 0 Å². The second-order valence-corrected chi connectivity index (χ2v) is 0.493. The minimum Gasteiger partial charge on any atom is -0.555 e. The van der Waals surface area contributed by atoms with Crippen LogP contribution in [0.4, 0.5) is 0 Å². The quantitative estimate of drug-likeness (QED) is 0.616. The molecule has 0 bridgehead atoms. The van der Waals surface area contributed by atoms with Gasteiger partial charge in [0, 0.05) is 29.0 Å². The van der Waals surface area contributed by atoms with Gasteiger partial charge in [0.1, 0.15) is 0 Å². The Kier molecular flexibility index (Phi) is 16.2. The van der Waals surface area contributed by atoms with Crippen molar-refractivity contribution in [1.82, 2.24) is 0 Å². The molecular weight excluding hydrogens is 233 g/mol. The fraction of sp³-hybridized carbons (Fsp3) is 0.667. The molecule has 0 atom stereocenters. The van der Waals surface area contributed by atoms with Crippen molar-refractivity contribution in [2.24, 2.45) is 0 Å². The van der Waals surface area contributed by atoms with Crippen molar-refractivity contribution in [1.29, 1.82) is 0 Å². The van der Waals surface area contributed by atoms with E-state index in [0.29, 0.717) is 6.61 Å². The SMILES string of the molecule is [CH2-]OCC.[Ta]. The van der Waals surface area contributed by atoms with E-state index in [1.807, 2.05) is 6.92 Å². The standard InChI is InChI=1S/C3H7O.Ta/c1-3-4-2;/h2-3H2,1H3;/q-1;. The van der Waals surface area contributed by atoms with Crippen LogP contribution in [0.25, 0.3) is 0 Å². The van der Waals surface area contributed by atoms with Gasteiger partial charge in [0.2, 0.25) is 0 Å². The first-order valence-corrected chi connectivity index (χ1v) is 1.28. The van der Waals surface area contributed by atoms with Crippen LogP contribution in [0.5, 0.6) is 0 Å². The van der Waals surface area contributed by atoms with Crippen LogP contribution in [-0.4, -0.2) is 6.61 Å². The summed E-state index contributed by atoms with van der Waals surface area (Å²) in [5.74, 6) is 0. The Bertz CT molecular complexity index is 8.85. The van der Waals surface area contributed by atoms with E-state index in [4.69, 9.17) is 0 Å². The Morgan fingerprint density at radius 1 is 1.80 bits per heavy atom. The van der Waals surface area contributed by atoms with E-state index >= 15 is 0 Å². The van der Waals surface area contributed by atoms with E-state index in [0.717, 1.165) is 0 Å². The Balaban J connectivity index is 0. The molecule has 0 heterocycles. The summed E-state index contributed by atoms with van der Waals surface area (Å²) in [6, 6.07) is 0. The Labute approximate surface area is 48.2 Å². The van der Waals surface area contributed by atoms with E-state index in [1.54, 1.807) is 0 Å². The molecule has 0 spiro atoms. The molecule has 0 rings (SSSR count). The van der Waals surface area contributed by atoms with Crippen molar-refractivity contribution >= 4 is 0 Å². The number of hydrogen-bond acceptors (Lipinski definition) is 1. The maximum atomic E-state index is 4.29. The molecular formula is C3H7OTa-. The van der Waals surface area contributed by atoms with E-state index < -0.39 is 0 Å². The number of rotatable bonds is 1. The van der Waals surface area contributed by atoms with Crippen LogP contribution in [0.2, 0.25) is 0 Å². The first-order valence-electron chi connectivity index (χ1n) is 1.28. The van der Waals surface area contributed by atoms with Gasteiger partial charge >= 0.3 is 0 Å². The van der Waals surface area contributed by atoms with Gasteiger partial charge in [-0.3, -0.25) is 0 Å². The molecule has 5 heavy (non-hydrogen) atoms. The summed E-state index contributed by atoms with van der Waals surface area (Å²) >= 11 is 0. The zero-order chi connectivity index (χ0) is 3.41. The van der Waals surface area contributed by atoms with Gasteiger partial charge < -0.3 is 4.74 Å². The molecule has 0 aromatic carbocycles. The van der Waals surface area contributed by atoms with Gasteiger partial charge in [-0.1, -0.05) is 0 Å². The predicted octanol–water partition coefficient (Wildman–Crippen LogP) is 0.812. The van der Waals surface area contributed by atoms with Gasteiger partial charge in [-0.25, -0.2) is 7.11 Å². The van der Waals surface area contributed by atoms with Crippen molar-refractivity contribution in [3.8, 4) is 0 Å². The van der Waals surface area contributed by atoms with Crippen molar-refractivity contribution in [3.05, 3.63) is 7.11 Å². The average molecular weight is 240 g/mol. The second-order valence-electron chi connectivity index (χ2n) is 0.493. The van der Waals surface area contributed by atoms with Crippen LogP contribution < -0.4 is 0 Å². The molecule has 0 N–H and O–H groups in total. The Morgan fingerprint density at radius 3 is 2.00 bits per heavy atom. The van der Waals surface area contributed by atoms with Crippen LogP contribution in [0.3, 0.4) is 0 Å². The van der Waals surface area contributed by atoms with Gasteiger partial charge in [0.25, 0.3) is 0 Å². The van der Waals surface area contributed by atoms with Crippen LogP contribution >= 0.6 is 0 Å². The first-order chi connectivity index (χ1) is 1.91. The minimum absolute atomic E-state index is 0. The summed E-state index contributed by atoms with van der Waals surface area (Å²) < 4.78 is 4.29. The summed E-state index contributed by atoms with van der Waals surface area (Å²) in [5, 5.41) is 0. The molecule has 1 nitrogen and oxygen atoms in total. The molecule has 0 aromatic rings. The van der Waals surface area contributed by atoms with Crippen LogP contribution in [0.1, 0.15) is 6.92 Å². The third-order valence-electron chi connectivity index (χ3n) is 0.204. The topological polar surface area (TPSA) is 9.23 Å². The van der Waals surface area contributed by atoms with E-state index in [2.05, 4.69) is 11.8 Å². The van der Waals surface area contributed by atoms with Crippen LogP contribution in [-0.2, 0) is 27.1 Å². The summed E-state index contributed by atoms with van der Waals surface area (Å²) in [5.41, 5.74) is 0. The third kappa shape index (κ3) is 11.9. The molecule has 0 aliphatic carbocycles. The molecule has 0 unspecified atom stereocenters. The third-order valence-corrected chi connectivity index (χ3v) is 0.204. The minimum atomic E-state index is 0. The molecule has 1 radical (unpaired) electrons. The largest absolute Gasteiger partial charge is 0.555 e. The van der Waals surface area contributed by atoms with Crippen LogP contribution in [0, 0.1) is 7.11 Å². The fourth-order valence-electron chi connectivity index (χ4n) is 0. The smallest absolute Gasteiger partial charge is 0.00804 e. The zero-order valence-electron chi connectivity index (χ0n) is 3.27. The van der Waals surface area contributed by atoms with E-state index in [9.17, 15) is 0 Å². The molecule has 0 saturated heterocycles. The van der Waals surface area contributed by atoms with Gasteiger partial charge in [-0.2, -0.15) is 0 Å². The van der Waals surface area contributed by atoms with Gasteiger partial charge in [0.05, 0.1) is 0 Å². The monoisotopic (exact) mass is 240 g/mol. The first kappa shape index (κ1) is 9.20. The van der Waals surface area contributed by atoms with Crippen molar-refractivity contribution in [2.45, 2.75) is 6.92 Å².